The summed E-state index contributed by atoms with van der Waals surface area (Å²) in [4.78, 5) is 12.8. The molecular formula is C21H27N3O4S. The summed E-state index contributed by atoms with van der Waals surface area (Å²) in [5, 5.41) is 6.02. The second-order valence-corrected chi connectivity index (χ2v) is 9.08. The molecule has 7 nitrogen and oxygen atoms in total. The number of morpholine rings is 1. The number of sulfonamides is 1. The molecule has 0 radical (unpaired) electrons. The monoisotopic (exact) mass is 417 g/mol. The minimum absolute atomic E-state index is 0.160. The summed E-state index contributed by atoms with van der Waals surface area (Å²) < 4.78 is 32.3. The smallest absolute Gasteiger partial charge is 0.246 e. The summed E-state index contributed by atoms with van der Waals surface area (Å²) in [5.41, 5.74) is 3.57. The van der Waals surface area contributed by atoms with Crippen LogP contribution in [0.2, 0.25) is 0 Å². The lowest BCUT2D eigenvalue weighted by molar-refractivity contribution is -0.116. The molecule has 1 aliphatic rings. The lowest BCUT2D eigenvalue weighted by atomic mass is 10.1. The van der Waals surface area contributed by atoms with E-state index >= 15 is 0 Å². The van der Waals surface area contributed by atoms with Gasteiger partial charge in [0.15, 0.2) is 0 Å². The number of ether oxygens (including phenoxy) is 1. The molecule has 1 amide bonds. The Balaban J connectivity index is 1.70. The Morgan fingerprint density at radius 1 is 1.10 bits per heavy atom. The summed E-state index contributed by atoms with van der Waals surface area (Å²) in [5.74, 6) is -0.244. The molecule has 2 aromatic carbocycles. The fraction of sp³-hybridized carbons (Fsp3) is 0.381. The average Bonchev–Trinajstić information content (AvgIpc) is 2.72. The molecule has 0 saturated carbocycles. The Morgan fingerprint density at radius 3 is 2.52 bits per heavy atom. The Hall–Kier alpha value is -2.42. The van der Waals surface area contributed by atoms with Crippen molar-refractivity contribution in [2.24, 2.45) is 0 Å². The summed E-state index contributed by atoms with van der Waals surface area (Å²) in [7, 11) is -3.61. The van der Waals surface area contributed by atoms with E-state index in [2.05, 4.69) is 10.6 Å². The average molecular weight is 418 g/mol. The minimum atomic E-state index is -3.61. The number of hydrogen-bond donors (Lipinski definition) is 2. The van der Waals surface area contributed by atoms with Crippen molar-refractivity contribution in [1.82, 2.24) is 4.31 Å². The van der Waals surface area contributed by atoms with Gasteiger partial charge in [-0.3, -0.25) is 4.79 Å². The number of carbonyl (C=O) groups is 1. The molecule has 3 rings (SSSR count). The maximum Gasteiger partial charge on any atom is 0.246 e. The molecule has 0 aliphatic carbocycles. The Kier molecular flexibility index (Phi) is 6.56. The van der Waals surface area contributed by atoms with E-state index in [0.29, 0.717) is 32.0 Å². The molecule has 0 aromatic heterocycles. The Labute approximate surface area is 172 Å². The molecule has 0 unspecified atom stereocenters. The quantitative estimate of drug-likeness (QED) is 0.755. The molecule has 1 aliphatic heterocycles. The number of carbonyl (C=O) groups excluding carboxylic acids is 1. The minimum Gasteiger partial charge on any atom is -0.379 e. The molecule has 1 atom stereocenters. The van der Waals surface area contributed by atoms with Crippen LogP contribution in [-0.2, 0) is 19.6 Å². The molecule has 1 saturated heterocycles. The molecule has 29 heavy (non-hydrogen) atoms. The van der Waals surface area contributed by atoms with Crippen LogP contribution in [0.4, 0.5) is 11.4 Å². The molecular weight excluding hydrogens is 390 g/mol. The summed E-state index contributed by atoms with van der Waals surface area (Å²) >= 11 is 0. The van der Waals surface area contributed by atoms with Crippen LogP contribution in [0.25, 0.3) is 0 Å². The maximum atomic E-state index is 12.8. The van der Waals surface area contributed by atoms with Crippen LogP contribution in [0.5, 0.6) is 0 Å². The van der Waals surface area contributed by atoms with Gasteiger partial charge < -0.3 is 15.4 Å². The van der Waals surface area contributed by atoms with E-state index in [1.807, 2.05) is 32.0 Å². The normalized spacial score (nSPS) is 16.2. The maximum absolute atomic E-state index is 12.8. The van der Waals surface area contributed by atoms with Crippen molar-refractivity contribution >= 4 is 27.3 Å². The van der Waals surface area contributed by atoms with E-state index in [9.17, 15) is 13.2 Å². The van der Waals surface area contributed by atoms with Gasteiger partial charge in [0.2, 0.25) is 15.9 Å². The van der Waals surface area contributed by atoms with E-state index in [-0.39, 0.29) is 10.8 Å². The highest BCUT2D eigenvalue weighted by Gasteiger charge is 2.26. The highest BCUT2D eigenvalue weighted by molar-refractivity contribution is 7.89. The zero-order chi connectivity index (χ0) is 21.0. The van der Waals surface area contributed by atoms with Gasteiger partial charge in [0, 0.05) is 24.5 Å². The molecule has 156 valence electrons. The van der Waals surface area contributed by atoms with Crippen LogP contribution in [0.1, 0.15) is 18.1 Å². The van der Waals surface area contributed by atoms with Gasteiger partial charge in [-0.25, -0.2) is 8.42 Å². The van der Waals surface area contributed by atoms with Gasteiger partial charge in [0.25, 0.3) is 0 Å². The van der Waals surface area contributed by atoms with Gasteiger partial charge in [-0.1, -0.05) is 18.2 Å². The lowest BCUT2D eigenvalue weighted by Gasteiger charge is -2.26. The van der Waals surface area contributed by atoms with Gasteiger partial charge >= 0.3 is 0 Å². The number of aryl methyl sites for hydroxylation is 1. The first-order valence-electron chi connectivity index (χ1n) is 9.60. The number of rotatable bonds is 6. The first kappa shape index (κ1) is 21.3. The first-order valence-corrected chi connectivity index (χ1v) is 11.0. The third-order valence-corrected chi connectivity index (χ3v) is 6.97. The molecule has 1 heterocycles. The number of anilines is 2. The Bertz CT molecular complexity index is 985. The number of benzene rings is 2. The largest absolute Gasteiger partial charge is 0.379 e. The third-order valence-electron chi connectivity index (χ3n) is 5.08. The van der Waals surface area contributed by atoms with Gasteiger partial charge in [0.05, 0.1) is 18.1 Å². The lowest BCUT2D eigenvalue weighted by Crippen LogP contribution is -2.40. The van der Waals surface area contributed by atoms with Crippen LogP contribution in [-0.4, -0.2) is 51.0 Å². The fourth-order valence-electron chi connectivity index (χ4n) is 3.13. The predicted octanol–water partition coefficient (Wildman–Crippen LogP) is 2.76. The fourth-order valence-corrected chi connectivity index (χ4v) is 4.58. The van der Waals surface area contributed by atoms with E-state index in [1.165, 1.54) is 16.4 Å². The summed E-state index contributed by atoms with van der Waals surface area (Å²) in [6.45, 7) is 7.22. The van der Waals surface area contributed by atoms with Crippen LogP contribution in [0, 0.1) is 13.8 Å². The zero-order valence-electron chi connectivity index (χ0n) is 16.9. The number of amides is 1. The van der Waals surface area contributed by atoms with Crippen molar-refractivity contribution in [3.8, 4) is 0 Å². The second kappa shape index (κ2) is 8.94. The van der Waals surface area contributed by atoms with Crippen molar-refractivity contribution in [2.75, 3.05) is 36.9 Å². The number of hydrogen-bond acceptors (Lipinski definition) is 5. The van der Waals surface area contributed by atoms with E-state index < -0.39 is 16.1 Å². The van der Waals surface area contributed by atoms with Crippen LogP contribution < -0.4 is 10.6 Å². The van der Waals surface area contributed by atoms with Crippen LogP contribution in [0.3, 0.4) is 0 Å². The molecule has 0 bridgehead atoms. The molecule has 2 N–H and O–H groups in total. The molecule has 2 aromatic rings. The van der Waals surface area contributed by atoms with E-state index in [4.69, 9.17) is 4.74 Å². The highest BCUT2D eigenvalue weighted by Crippen LogP contribution is 2.22. The van der Waals surface area contributed by atoms with Crippen molar-refractivity contribution < 1.29 is 17.9 Å². The van der Waals surface area contributed by atoms with Crippen molar-refractivity contribution in [3.05, 3.63) is 53.6 Å². The Morgan fingerprint density at radius 2 is 1.79 bits per heavy atom. The first-order chi connectivity index (χ1) is 13.8. The van der Waals surface area contributed by atoms with Crippen molar-refractivity contribution in [3.63, 3.8) is 0 Å². The summed E-state index contributed by atoms with van der Waals surface area (Å²) in [6.07, 6.45) is 0. The van der Waals surface area contributed by atoms with Crippen molar-refractivity contribution in [2.45, 2.75) is 31.7 Å². The molecule has 1 fully saturated rings. The van der Waals surface area contributed by atoms with Crippen LogP contribution >= 0.6 is 0 Å². The van der Waals surface area contributed by atoms with Gasteiger partial charge in [-0.05, 0) is 56.2 Å². The van der Waals surface area contributed by atoms with E-state index in [1.54, 1.807) is 19.1 Å². The highest BCUT2D eigenvalue weighted by atomic mass is 32.2. The number of nitrogens with one attached hydrogen (secondary N) is 2. The number of nitrogens with zero attached hydrogens (tertiary/aromatic N) is 1. The standard InChI is InChI=1S/C21H27N3O4S/c1-15-6-4-9-20(16(15)2)22-17(3)21(25)23-18-7-5-8-19(14-18)29(26,27)24-10-12-28-13-11-24/h4-9,14,17,22H,10-13H2,1-3H3,(H,23,25)/t17-/m0/s1. The van der Waals surface area contributed by atoms with Gasteiger partial charge in [0.1, 0.15) is 6.04 Å². The summed E-state index contributed by atoms with van der Waals surface area (Å²) in [6, 6.07) is 11.7. The zero-order valence-corrected chi connectivity index (χ0v) is 17.8. The van der Waals surface area contributed by atoms with Crippen molar-refractivity contribution in [1.29, 1.82) is 0 Å². The molecule has 0 spiro atoms. The van der Waals surface area contributed by atoms with Gasteiger partial charge in [-0.15, -0.1) is 0 Å². The van der Waals surface area contributed by atoms with Gasteiger partial charge in [-0.2, -0.15) is 4.31 Å². The second-order valence-electron chi connectivity index (χ2n) is 7.15. The molecule has 8 heteroatoms. The predicted molar refractivity (Wildman–Crippen MR) is 114 cm³/mol. The third kappa shape index (κ3) is 4.95. The topological polar surface area (TPSA) is 87.7 Å². The van der Waals surface area contributed by atoms with Crippen LogP contribution in [0.15, 0.2) is 47.4 Å². The SMILES string of the molecule is Cc1cccc(N[C@@H](C)C(=O)Nc2cccc(S(=O)(=O)N3CCOCC3)c2)c1C. The van der Waals surface area contributed by atoms with E-state index in [0.717, 1.165) is 16.8 Å².